The molecule has 2 unspecified atom stereocenters. The number of aliphatic hydroxyl groups excluding tert-OH is 6. The molecule has 1 amide bonds. The van der Waals surface area contributed by atoms with Gasteiger partial charge >= 0.3 is 0 Å². The van der Waals surface area contributed by atoms with E-state index in [1.165, 1.54) is 186 Å². The van der Waals surface area contributed by atoms with E-state index in [0.717, 1.165) is 38.5 Å². The molecule has 1 fully saturated rings. The van der Waals surface area contributed by atoms with Crippen LogP contribution in [-0.4, -0.2) is 98.7 Å². The van der Waals surface area contributed by atoms with Gasteiger partial charge < -0.3 is 45.4 Å². The third-order valence-electron chi connectivity index (χ3n) is 12.8. The number of nitrogens with one attached hydrogen (secondary N) is 1. The summed E-state index contributed by atoms with van der Waals surface area (Å²) in [5, 5.41) is 65.3. The van der Waals surface area contributed by atoms with Crippen LogP contribution in [0, 0.1) is 0 Å². The molecule has 0 radical (unpaired) electrons. The number of hydrogen-bond acceptors (Lipinski definition) is 9. The van der Waals surface area contributed by atoms with Crippen LogP contribution in [0.15, 0.2) is 0 Å². The number of amides is 1. The fraction of sp³-hybridized carbons (Fsp3) is 0.980. The molecule has 0 aromatic heterocycles. The van der Waals surface area contributed by atoms with Crippen LogP contribution >= 0.6 is 0 Å². The molecule has 0 aliphatic carbocycles. The molecule has 1 rings (SSSR count). The van der Waals surface area contributed by atoms with Crippen molar-refractivity contribution in [2.24, 2.45) is 0 Å². The maximum atomic E-state index is 13.0. The summed E-state index contributed by atoms with van der Waals surface area (Å²) < 4.78 is 11.2. The minimum Gasteiger partial charge on any atom is -0.394 e. The number of hydrogen-bond donors (Lipinski definition) is 7. The third kappa shape index (κ3) is 30.3. The second-order valence-corrected chi connectivity index (χ2v) is 18.5. The highest BCUT2D eigenvalue weighted by Gasteiger charge is 2.44. The summed E-state index contributed by atoms with van der Waals surface area (Å²) in [6.07, 6.45) is 35.4. The van der Waals surface area contributed by atoms with Crippen molar-refractivity contribution < 1.29 is 44.9 Å². The van der Waals surface area contributed by atoms with Crippen molar-refractivity contribution in [1.82, 2.24) is 5.32 Å². The molecule has 60 heavy (non-hydrogen) atoms. The molecule has 1 aliphatic rings. The van der Waals surface area contributed by atoms with Gasteiger partial charge in [-0.2, -0.15) is 0 Å². The summed E-state index contributed by atoms with van der Waals surface area (Å²) in [6.45, 7) is 3.64. The first-order valence-electron chi connectivity index (χ1n) is 25.8. The SMILES string of the molecule is CCCCCCCCCCCCCCCCCCCCCCCC(=O)N[C@@H](CO[C@@H]1O[C@H](CO)[C@@H](O)C(O)C1O)[C@H](O)[C@H](O)CCCCCCCCCCCCCCCC. The zero-order valence-electron chi connectivity index (χ0n) is 39.1. The number of ether oxygens (including phenoxy) is 2. The lowest BCUT2D eigenvalue weighted by atomic mass is 9.98. The Morgan fingerprint density at radius 3 is 1.23 bits per heavy atom. The molecule has 0 spiro atoms. The van der Waals surface area contributed by atoms with Crippen molar-refractivity contribution in [3.63, 3.8) is 0 Å². The summed E-state index contributed by atoms with van der Waals surface area (Å²) in [4.78, 5) is 13.0. The van der Waals surface area contributed by atoms with E-state index in [-0.39, 0.29) is 18.9 Å². The maximum absolute atomic E-state index is 13.0. The Hall–Kier alpha value is -0.850. The van der Waals surface area contributed by atoms with E-state index < -0.39 is 55.6 Å². The molecule has 0 bridgehead atoms. The Balaban J connectivity index is 2.30. The minimum absolute atomic E-state index is 0.252. The van der Waals surface area contributed by atoms with Crippen LogP contribution in [0.1, 0.15) is 251 Å². The zero-order chi connectivity index (χ0) is 43.9. The van der Waals surface area contributed by atoms with Gasteiger partial charge in [0.15, 0.2) is 6.29 Å². The summed E-state index contributed by atoms with van der Waals surface area (Å²) in [7, 11) is 0. The average Bonchev–Trinajstić information content (AvgIpc) is 3.25. The van der Waals surface area contributed by atoms with Crippen LogP contribution in [0.25, 0.3) is 0 Å². The van der Waals surface area contributed by atoms with E-state index in [0.29, 0.717) is 6.42 Å². The Morgan fingerprint density at radius 2 is 0.867 bits per heavy atom. The second kappa shape index (κ2) is 40.9. The summed E-state index contributed by atoms with van der Waals surface area (Å²) >= 11 is 0. The molecular formula is C50H99NO9. The quantitative estimate of drug-likeness (QED) is 0.0295. The predicted octanol–water partition coefficient (Wildman–Crippen LogP) is 10.5. The lowest BCUT2D eigenvalue weighted by molar-refractivity contribution is -0.303. The fourth-order valence-corrected chi connectivity index (χ4v) is 8.61. The fourth-order valence-electron chi connectivity index (χ4n) is 8.61. The largest absolute Gasteiger partial charge is 0.394 e. The maximum Gasteiger partial charge on any atom is 0.220 e. The van der Waals surface area contributed by atoms with Crippen LogP contribution in [0.5, 0.6) is 0 Å². The first-order valence-corrected chi connectivity index (χ1v) is 25.8. The molecule has 1 heterocycles. The standard InChI is InChI=1S/C50H99NO9/c1-3-5-7-9-11-13-15-17-19-20-21-22-23-24-25-27-29-31-33-35-37-39-45(54)51-42(41-59-50-49(58)48(57)47(56)44(40-52)60-50)46(55)43(53)38-36-34-32-30-28-26-18-16-14-12-10-8-6-4-2/h42-44,46-50,52-53,55-58H,3-41H2,1-2H3,(H,51,54)/t42-,43+,44+,46-,47+,48?,49?,50+/m0/s1. The van der Waals surface area contributed by atoms with Crippen molar-refractivity contribution in [2.75, 3.05) is 13.2 Å². The van der Waals surface area contributed by atoms with E-state index in [1.807, 2.05) is 0 Å². The number of carbonyl (C=O) groups is 1. The Bertz CT molecular complexity index is 926. The van der Waals surface area contributed by atoms with E-state index in [4.69, 9.17) is 9.47 Å². The summed E-state index contributed by atoms with van der Waals surface area (Å²) in [5.74, 6) is -0.252. The van der Waals surface area contributed by atoms with E-state index >= 15 is 0 Å². The molecule has 10 nitrogen and oxygen atoms in total. The normalized spacial score (nSPS) is 21.0. The molecule has 1 aliphatic heterocycles. The summed E-state index contributed by atoms with van der Waals surface area (Å²) in [5.41, 5.74) is 0. The highest BCUT2D eigenvalue weighted by molar-refractivity contribution is 5.76. The van der Waals surface area contributed by atoms with Crippen molar-refractivity contribution >= 4 is 5.91 Å². The van der Waals surface area contributed by atoms with Gasteiger partial charge in [-0.05, 0) is 12.8 Å². The van der Waals surface area contributed by atoms with Gasteiger partial charge in [-0.1, -0.05) is 232 Å². The first kappa shape index (κ1) is 57.2. The highest BCUT2D eigenvalue weighted by Crippen LogP contribution is 2.23. The van der Waals surface area contributed by atoms with E-state index in [2.05, 4.69) is 19.2 Å². The van der Waals surface area contributed by atoms with Gasteiger partial charge in [0.2, 0.25) is 5.91 Å². The van der Waals surface area contributed by atoms with Crippen molar-refractivity contribution in [1.29, 1.82) is 0 Å². The van der Waals surface area contributed by atoms with Gasteiger partial charge in [-0.15, -0.1) is 0 Å². The van der Waals surface area contributed by atoms with Crippen molar-refractivity contribution in [3.8, 4) is 0 Å². The molecule has 10 heteroatoms. The van der Waals surface area contributed by atoms with Crippen LogP contribution < -0.4 is 5.32 Å². The van der Waals surface area contributed by atoms with Crippen LogP contribution in [-0.2, 0) is 14.3 Å². The van der Waals surface area contributed by atoms with Crippen LogP contribution in [0.2, 0.25) is 0 Å². The number of rotatable bonds is 44. The Kier molecular flexibility index (Phi) is 39.0. The molecule has 0 aromatic carbocycles. The molecule has 1 saturated heterocycles. The number of aliphatic hydroxyl groups is 6. The van der Waals surface area contributed by atoms with Crippen molar-refractivity contribution in [2.45, 2.75) is 300 Å². The molecule has 0 aromatic rings. The van der Waals surface area contributed by atoms with Gasteiger partial charge in [0.1, 0.15) is 30.5 Å². The molecular weight excluding hydrogens is 759 g/mol. The van der Waals surface area contributed by atoms with Gasteiger partial charge in [0, 0.05) is 6.42 Å². The summed E-state index contributed by atoms with van der Waals surface area (Å²) in [6, 6.07) is -0.985. The molecule has 8 atom stereocenters. The lowest BCUT2D eigenvalue weighted by Gasteiger charge is -2.40. The van der Waals surface area contributed by atoms with E-state index in [9.17, 15) is 35.4 Å². The van der Waals surface area contributed by atoms with Gasteiger partial charge in [0.05, 0.1) is 25.4 Å². The number of carbonyl (C=O) groups excluding carboxylic acids is 1. The third-order valence-corrected chi connectivity index (χ3v) is 12.8. The van der Waals surface area contributed by atoms with Crippen LogP contribution in [0.3, 0.4) is 0 Å². The van der Waals surface area contributed by atoms with Crippen molar-refractivity contribution in [3.05, 3.63) is 0 Å². The predicted molar refractivity (Wildman–Crippen MR) is 246 cm³/mol. The van der Waals surface area contributed by atoms with Gasteiger partial charge in [-0.3, -0.25) is 4.79 Å². The van der Waals surface area contributed by atoms with Gasteiger partial charge in [-0.25, -0.2) is 0 Å². The zero-order valence-corrected chi connectivity index (χ0v) is 39.1. The topological polar surface area (TPSA) is 169 Å². The monoisotopic (exact) mass is 858 g/mol. The molecule has 358 valence electrons. The highest BCUT2D eigenvalue weighted by atomic mass is 16.7. The Morgan fingerprint density at radius 1 is 0.517 bits per heavy atom. The Labute approximate surface area is 368 Å². The minimum atomic E-state index is -1.60. The molecule has 0 saturated carbocycles. The van der Waals surface area contributed by atoms with Crippen LogP contribution in [0.4, 0.5) is 0 Å². The van der Waals surface area contributed by atoms with E-state index in [1.54, 1.807) is 0 Å². The smallest absolute Gasteiger partial charge is 0.220 e. The average molecular weight is 858 g/mol. The molecule has 7 N–H and O–H groups in total. The lowest BCUT2D eigenvalue weighted by Crippen LogP contribution is -2.60. The number of unbranched alkanes of at least 4 members (excludes halogenated alkanes) is 33. The van der Waals surface area contributed by atoms with Gasteiger partial charge in [0.25, 0.3) is 0 Å². The second-order valence-electron chi connectivity index (χ2n) is 18.5. The first-order chi connectivity index (χ1) is 29.3.